The predicted molar refractivity (Wildman–Crippen MR) is 77.5 cm³/mol. The van der Waals surface area contributed by atoms with Crippen LogP contribution in [0, 0.1) is 11.7 Å². The number of rotatable bonds is 4. The lowest BCUT2D eigenvalue weighted by Gasteiger charge is -2.42. The molecule has 1 fully saturated rings. The number of halogens is 1. The maximum Gasteiger partial charge on any atom is 0.123 e. The molecular weight excluding hydrogens is 239 g/mol. The molecule has 0 amide bonds. The molecule has 2 unspecified atom stereocenters. The Labute approximate surface area is 116 Å². The van der Waals surface area contributed by atoms with Crippen LogP contribution in [0.25, 0.3) is 0 Å². The minimum atomic E-state index is -0.138. The Kier molecular flexibility index (Phi) is 4.94. The van der Waals surface area contributed by atoms with Gasteiger partial charge < -0.3 is 5.32 Å². The van der Waals surface area contributed by atoms with Crippen molar-refractivity contribution in [2.24, 2.45) is 5.92 Å². The van der Waals surface area contributed by atoms with Gasteiger partial charge in [0.25, 0.3) is 0 Å². The molecule has 0 spiro atoms. The van der Waals surface area contributed by atoms with Gasteiger partial charge in [-0.1, -0.05) is 32.9 Å². The Bertz CT molecular complexity index is 405. The Balaban J connectivity index is 2.09. The molecule has 0 aliphatic carbocycles. The third kappa shape index (κ3) is 3.77. The molecular formula is C16H25FN2. The fourth-order valence-electron chi connectivity index (χ4n) is 2.88. The zero-order chi connectivity index (χ0) is 13.8. The molecule has 0 radical (unpaired) electrons. The summed E-state index contributed by atoms with van der Waals surface area (Å²) in [5, 5.41) is 3.61. The molecule has 0 aromatic heterocycles. The van der Waals surface area contributed by atoms with Crippen molar-refractivity contribution in [3.8, 4) is 0 Å². The Morgan fingerprint density at radius 3 is 2.84 bits per heavy atom. The van der Waals surface area contributed by atoms with E-state index in [0.29, 0.717) is 18.0 Å². The highest BCUT2D eigenvalue weighted by Gasteiger charge is 2.28. The zero-order valence-electron chi connectivity index (χ0n) is 12.2. The van der Waals surface area contributed by atoms with E-state index in [4.69, 9.17) is 0 Å². The second-order valence-electron chi connectivity index (χ2n) is 5.88. The quantitative estimate of drug-likeness (QED) is 0.899. The summed E-state index contributed by atoms with van der Waals surface area (Å²) < 4.78 is 13.3. The first-order valence-electron chi connectivity index (χ1n) is 7.32. The third-order valence-corrected chi connectivity index (χ3v) is 4.08. The average Bonchev–Trinajstić information content (AvgIpc) is 2.38. The molecule has 3 heteroatoms. The highest BCUT2D eigenvalue weighted by Crippen LogP contribution is 2.19. The SMILES string of the molecule is CCC1CN(Cc2cccc(F)c2)C(C(C)C)CN1. The maximum atomic E-state index is 13.3. The van der Waals surface area contributed by atoms with Crippen LogP contribution in [0.2, 0.25) is 0 Å². The van der Waals surface area contributed by atoms with Gasteiger partial charge in [0.1, 0.15) is 5.82 Å². The Hall–Kier alpha value is -0.930. The van der Waals surface area contributed by atoms with E-state index >= 15 is 0 Å². The number of nitrogens with zero attached hydrogens (tertiary/aromatic N) is 1. The highest BCUT2D eigenvalue weighted by molar-refractivity contribution is 5.16. The number of hydrogen-bond donors (Lipinski definition) is 1. The Morgan fingerprint density at radius 1 is 1.42 bits per heavy atom. The summed E-state index contributed by atoms with van der Waals surface area (Å²) in [5.41, 5.74) is 1.07. The summed E-state index contributed by atoms with van der Waals surface area (Å²) in [5.74, 6) is 0.472. The number of hydrogen-bond acceptors (Lipinski definition) is 2. The van der Waals surface area contributed by atoms with Gasteiger partial charge in [-0.3, -0.25) is 4.90 Å². The second kappa shape index (κ2) is 6.49. The molecule has 1 N–H and O–H groups in total. The summed E-state index contributed by atoms with van der Waals surface area (Å²) in [6.45, 7) is 9.67. The first-order chi connectivity index (χ1) is 9.10. The van der Waals surface area contributed by atoms with E-state index in [-0.39, 0.29) is 5.82 Å². The summed E-state index contributed by atoms with van der Waals surface area (Å²) >= 11 is 0. The van der Waals surface area contributed by atoms with Crippen LogP contribution >= 0.6 is 0 Å². The number of benzene rings is 1. The van der Waals surface area contributed by atoms with Gasteiger partial charge in [-0.15, -0.1) is 0 Å². The van der Waals surface area contributed by atoms with Gasteiger partial charge >= 0.3 is 0 Å². The van der Waals surface area contributed by atoms with Crippen LogP contribution in [0.15, 0.2) is 24.3 Å². The molecule has 106 valence electrons. The highest BCUT2D eigenvalue weighted by atomic mass is 19.1. The lowest BCUT2D eigenvalue weighted by molar-refractivity contribution is 0.0899. The lowest BCUT2D eigenvalue weighted by Crippen LogP contribution is -2.57. The molecule has 2 rings (SSSR count). The lowest BCUT2D eigenvalue weighted by atomic mass is 9.97. The van der Waals surface area contributed by atoms with Crippen molar-refractivity contribution in [3.63, 3.8) is 0 Å². The van der Waals surface area contributed by atoms with Crippen molar-refractivity contribution in [1.29, 1.82) is 0 Å². The summed E-state index contributed by atoms with van der Waals surface area (Å²) in [6, 6.07) is 8.07. The summed E-state index contributed by atoms with van der Waals surface area (Å²) in [7, 11) is 0. The van der Waals surface area contributed by atoms with Crippen LogP contribution < -0.4 is 5.32 Å². The fraction of sp³-hybridized carbons (Fsp3) is 0.625. The molecule has 1 aromatic carbocycles. The zero-order valence-corrected chi connectivity index (χ0v) is 12.2. The van der Waals surface area contributed by atoms with Gasteiger partial charge in [-0.25, -0.2) is 4.39 Å². The monoisotopic (exact) mass is 264 g/mol. The van der Waals surface area contributed by atoms with Crippen molar-refractivity contribution < 1.29 is 4.39 Å². The van der Waals surface area contributed by atoms with Gasteiger partial charge in [-0.05, 0) is 30.0 Å². The standard InChI is InChI=1S/C16H25FN2/c1-4-15-11-19(16(9-18-15)12(2)3)10-13-6-5-7-14(17)8-13/h5-8,12,15-16,18H,4,9-11H2,1-3H3. The van der Waals surface area contributed by atoms with Crippen molar-refractivity contribution in [2.45, 2.75) is 45.8 Å². The van der Waals surface area contributed by atoms with Crippen LogP contribution in [0.1, 0.15) is 32.8 Å². The summed E-state index contributed by atoms with van der Waals surface area (Å²) in [6.07, 6.45) is 1.14. The molecule has 2 nitrogen and oxygen atoms in total. The van der Waals surface area contributed by atoms with Gasteiger partial charge in [0.2, 0.25) is 0 Å². The van der Waals surface area contributed by atoms with Crippen LogP contribution in [0.4, 0.5) is 4.39 Å². The second-order valence-corrected chi connectivity index (χ2v) is 5.88. The average molecular weight is 264 g/mol. The topological polar surface area (TPSA) is 15.3 Å². The number of piperazine rings is 1. The maximum absolute atomic E-state index is 13.3. The van der Waals surface area contributed by atoms with Crippen LogP contribution in [0.5, 0.6) is 0 Å². The molecule has 1 aliphatic rings. The molecule has 1 saturated heterocycles. The molecule has 1 heterocycles. The van der Waals surface area contributed by atoms with E-state index in [1.807, 2.05) is 6.07 Å². The molecule has 0 bridgehead atoms. The van der Waals surface area contributed by atoms with Crippen molar-refractivity contribution in [3.05, 3.63) is 35.6 Å². The van der Waals surface area contributed by atoms with Crippen molar-refractivity contribution >= 4 is 0 Å². The molecule has 1 aromatic rings. The minimum Gasteiger partial charge on any atom is -0.311 e. The molecule has 2 atom stereocenters. The van der Waals surface area contributed by atoms with Crippen LogP contribution in [-0.4, -0.2) is 30.1 Å². The molecule has 19 heavy (non-hydrogen) atoms. The van der Waals surface area contributed by atoms with E-state index in [1.165, 1.54) is 6.07 Å². The van der Waals surface area contributed by atoms with E-state index < -0.39 is 0 Å². The first-order valence-corrected chi connectivity index (χ1v) is 7.32. The van der Waals surface area contributed by atoms with Crippen molar-refractivity contribution in [1.82, 2.24) is 10.2 Å². The van der Waals surface area contributed by atoms with Gasteiger partial charge in [0.05, 0.1) is 0 Å². The predicted octanol–water partition coefficient (Wildman–Crippen LogP) is 3.03. The smallest absolute Gasteiger partial charge is 0.123 e. The van der Waals surface area contributed by atoms with Crippen LogP contribution in [0.3, 0.4) is 0 Å². The summed E-state index contributed by atoms with van der Waals surface area (Å²) in [4.78, 5) is 2.50. The van der Waals surface area contributed by atoms with E-state index in [9.17, 15) is 4.39 Å². The van der Waals surface area contributed by atoms with Gasteiger partial charge in [-0.2, -0.15) is 0 Å². The van der Waals surface area contributed by atoms with Gasteiger partial charge in [0.15, 0.2) is 0 Å². The van der Waals surface area contributed by atoms with Gasteiger partial charge in [0, 0.05) is 31.7 Å². The third-order valence-electron chi connectivity index (χ3n) is 4.08. The van der Waals surface area contributed by atoms with E-state index in [1.54, 1.807) is 12.1 Å². The molecule has 0 saturated carbocycles. The van der Waals surface area contributed by atoms with E-state index in [0.717, 1.165) is 31.6 Å². The minimum absolute atomic E-state index is 0.138. The number of nitrogens with one attached hydrogen (secondary N) is 1. The Morgan fingerprint density at radius 2 is 2.21 bits per heavy atom. The normalized spacial score (nSPS) is 24.9. The largest absolute Gasteiger partial charge is 0.311 e. The molecule has 1 aliphatic heterocycles. The fourth-order valence-corrected chi connectivity index (χ4v) is 2.88. The van der Waals surface area contributed by atoms with Crippen LogP contribution in [-0.2, 0) is 6.54 Å². The first kappa shape index (κ1) is 14.5. The van der Waals surface area contributed by atoms with E-state index in [2.05, 4.69) is 31.0 Å². The van der Waals surface area contributed by atoms with Crippen molar-refractivity contribution in [2.75, 3.05) is 13.1 Å².